The number of nitrogen functional groups attached to an aromatic ring is 1. The third kappa shape index (κ3) is 12.4. The molecule has 2 aromatic heterocycles. The summed E-state index contributed by atoms with van der Waals surface area (Å²) < 4.78 is 44.8. The molecule has 18 heteroatoms. The smallest absolute Gasteiger partial charge is 0.459 e. The van der Waals surface area contributed by atoms with Crippen molar-refractivity contribution in [1.29, 1.82) is 0 Å². The van der Waals surface area contributed by atoms with Crippen LogP contribution in [-0.2, 0) is 32.9 Å². The van der Waals surface area contributed by atoms with Crippen LogP contribution in [0.3, 0.4) is 0 Å². The number of carbonyl (C=O) groups excluding carboxylic acids is 3. The zero-order valence-corrected chi connectivity index (χ0v) is 34.4. The number of nitrogens with zero attached hydrogens (tertiary/aromatic N) is 3. The number of aromatic amines is 1. The molecule has 2 heterocycles. The van der Waals surface area contributed by atoms with Crippen LogP contribution in [-0.4, -0.2) is 75.1 Å². The van der Waals surface area contributed by atoms with Gasteiger partial charge in [-0.05, 0) is 76.5 Å². The average Bonchev–Trinajstić information content (AvgIpc) is 3.65. The monoisotopic (exact) mass is 801 g/mol. The van der Waals surface area contributed by atoms with Gasteiger partial charge in [0, 0.05) is 6.20 Å². The fourth-order valence-electron chi connectivity index (χ4n) is 5.93. The van der Waals surface area contributed by atoms with Crippen molar-refractivity contribution in [3.63, 3.8) is 0 Å². The van der Waals surface area contributed by atoms with E-state index in [-0.39, 0.29) is 60.9 Å². The Morgan fingerprint density at radius 2 is 1.73 bits per heavy atom. The van der Waals surface area contributed by atoms with Gasteiger partial charge in [-0.2, -0.15) is 10.1 Å². The van der Waals surface area contributed by atoms with Crippen molar-refractivity contribution in [2.24, 2.45) is 17.3 Å². The van der Waals surface area contributed by atoms with Gasteiger partial charge in [0.15, 0.2) is 11.2 Å². The predicted octanol–water partition coefficient (Wildman–Crippen LogP) is 5.97. The number of anilines is 1. The summed E-state index contributed by atoms with van der Waals surface area (Å²) in [5, 5.41) is 5.33. The van der Waals surface area contributed by atoms with Crippen LogP contribution in [0.15, 0.2) is 47.0 Å². The summed E-state index contributed by atoms with van der Waals surface area (Å²) in [6.45, 7) is 13.9. The van der Waals surface area contributed by atoms with Crippen molar-refractivity contribution < 1.29 is 42.2 Å². The molecule has 4 atom stereocenters. The van der Waals surface area contributed by atoms with Gasteiger partial charge in [0.1, 0.15) is 36.4 Å². The van der Waals surface area contributed by atoms with Gasteiger partial charge in [-0.1, -0.05) is 58.7 Å². The number of imidazole rings is 1. The number of hydrogen-bond donors (Lipinski definition) is 4. The Morgan fingerprint density at radius 3 is 2.36 bits per heavy atom. The molecular formula is C38H56N7O10P. The van der Waals surface area contributed by atoms with E-state index in [0.29, 0.717) is 5.57 Å². The van der Waals surface area contributed by atoms with Crippen molar-refractivity contribution in [1.82, 2.24) is 29.9 Å². The highest BCUT2D eigenvalue weighted by molar-refractivity contribution is 7.52. The Morgan fingerprint density at radius 1 is 1.05 bits per heavy atom. The van der Waals surface area contributed by atoms with E-state index in [2.05, 4.69) is 39.2 Å². The average molecular weight is 802 g/mol. The van der Waals surface area contributed by atoms with Crippen molar-refractivity contribution >= 4 is 49.1 Å². The number of esters is 2. The van der Waals surface area contributed by atoms with Crippen molar-refractivity contribution in [2.75, 3.05) is 25.6 Å². The second-order valence-corrected chi connectivity index (χ2v) is 17.2. The lowest BCUT2D eigenvalue weighted by molar-refractivity contribution is -0.149. The lowest BCUT2D eigenvalue weighted by Crippen LogP contribution is -2.47. The highest BCUT2D eigenvalue weighted by Crippen LogP contribution is 2.56. The lowest BCUT2D eigenvalue weighted by atomic mass is 9.99. The van der Waals surface area contributed by atoms with E-state index < -0.39 is 54.4 Å². The standard InChI is InChI=1S/C38H56N7O10P/c1-9-14-26(15-10-2)20-51-33(47)25(5)44-56(50,55-28-16-12-11-13-17-28)53-22-38(21-52-34(48)29(24(3)4)41-36(49)54-37(6,7)8)18-27(38)19-45-23-40-30-31(45)42-35(39)43-32(30)46/h11-13,16-17,19,23-26,29H,9-10,14-15,18,20-22H2,1-8H3,(H,41,49)(H,44,50)(H3,39,42,43,46)/b27-19-/t25-,29-,38-,56-/m0/s1. The summed E-state index contributed by atoms with van der Waals surface area (Å²) in [5.74, 6) is -1.40. The van der Waals surface area contributed by atoms with E-state index in [4.69, 9.17) is 29.0 Å². The quantitative estimate of drug-likeness (QED) is 0.0587. The minimum atomic E-state index is -4.34. The van der Waals surface area contributed by atoms with Gasteiger partial charge in [-0.3, -0.25) is 23.7 Å². The molecule has 0 bridgehead atoms. The van der Waals surface area contributed by atoms with E-state index in [1.807, 2.05) is 0 Å². The molecule has 0 saturated heterocycles. The summed E-state index contributed by atoms with van der Waals surface area (Å²) in [6.07, 6.45) is 6.27. The molecular weight excluding hydrogens is 745 g/mol. The van der Waals surface area contributed by atoms with Crippen LogP contribution in [0, 0.1) is 17.3 Å². The molecule has 0 unspecified atom stereocenters. The van der Waals surface area contributed by atoms with Crippen LogP contribution in [0.25, 0.3) is 17.4 Å². The van der Waals surface area contributed by atoms with E-state index in [1.165, 1.54) is 17.8 Å². The third-order valence-electron chi connectivity index (χ3n) is 8.95. The van der Waals surface area contributed by atoms with E-state index in [0.717, 1.165) is 25.7 Å². The van der Waals surface area contributed by atoms with E-state index >= 15 is 0 Å². The normalized spacial score (nSPS) is 18.4. The van der Waals surface area contributed by atoms with Gasteiger partial charge in [0.25, 0.3) is 5.56 Å². The molecule has 3 aromatic rings. The molecule has 56 heavy (non-hydrogen) atoms. The first-order valence-electron chi connectivity index (χ1n) is 18.9. The Labute approximate surface area is 327 Å². The van der Waals surface area contributed by atoms with Crippen molar-refractivity contribution in [2.45, 2.75) is 105 Å². The largest absolute Gasteiger partial charge is 0.464 e. The number of nitrogens with one attached hydrogen (secondary N) is 3. The van der Waals surface area contributed by atoms with E-state index in [9.17, 15) is 23.7 Å². The molecule has 5 N–H and O–H groups in total. The number of nitrogens with two attached hydrogens (primary N) is 1. The van der Waals surface area contributed by atoms with Gasteiger partial charge in [-0.25, -0.2) is 19.1 Å². The summed E-state index contributed by atoms with van der Waals surface area (Å²) in [7, 11) is -4.34. The lowest BCUT2D eigenvalue weighted by Gasteiger charge is -2.27. The Kier molecular flexibility index (Phi) is 14.9. The number of carbonyl (C=O) groups is 3. The van der Waals surface area contributed by atoms with Gasteiger partial charge in [0.05, 0.1) is 18.6 Å². The highest BCUT2D eigenvalue weighted by Gasteiger charge is 2.53. The number of aromatic nitrogens is 4. The molecule has 1 fully saturated rings. The molecule has 0 aliphatic heterocycles. The molecule has 0 radical (unpaired) electrons. The summed E-state index contributed by atoms with van der Waals surface area (Å²) >= 11 is 0. The first-order chi connectivity index (χ1) is 26.4. The van der Waals surface area contributed by atoms with Crippen LogP contribution < -0.4 is 26.2 Å². The molecule has 308 valence electrons. The van der Waals surface area contributed by atoms with Crippen LogP contribution in [0.2, 0.25) is 0 Å². The van der Waals surface area contributed by atoms with E-state index in [1.54, 1.807) is 71.2 Å². The summed E-state index contributed by atoms with van der Waals surface area (Å²) in [4.78, 5) is 62.5. The maximum atomic E-state index is 14.5. The fraction of sp³-hybridized carbons (Fsp3) is 0.579. The van der Waals surface area contributed by atoms with Gasteiger partial charge in [-0.15, -0.1) is 0 Å². The second kappa shape index (κ2) is 18.9. The van der Waals surface area contributed by atoms with Crippen LogP contribution in [0.1, 0.15) is 87.5 Å². The Balaban J connectivity index is 1.61. The van der Waals surface area contributed by atoms with Crippen molar-refractivity contribution in [3.8, 4) is 5.75 Å². The molecule has 0 spiro atoms. The van der Waals surface area contributed by atoms with Gasteiger partial charge >= 0.3 is 25.8 Å². The Hall–Kier alpha value is -4.73. The first-order valence-corrected chi connectivity index (χ1v) is 20.4. The molecule has 1 aliphatic rings. The minimum Gasteiger partial charge on any atom is -0.464 e. The summed E-state index contributed by atoms with van der Waals surface area (Å²) in [5.41, 5.74) is 4.32. The van der Waals surface area contributed by atoms with Crippen LogP contribution >= 0.6 is 7.75 Å². The zero-order chi connectivity index (χ0) is 41.3. The van der Waals surface area contributed by atoms with Gasteiger partial charge < -0.3 is 29.8 Å². The first kappa shape index (κ1) is 44.0. The number of benzene rings is 1. The number of fused-ring (bicyclic) bond motifs is 1. The number of ether oxygens (including phenoxy) is 3. The number of H-pyrrole nitrogens is 1. The molecule has 17 nitrogen and oxygen atoms in total. The maximum absolute atomic E-state index is 14.5. The number of para-hydroxylation sites is 1. The maximum Gasteiger partial charge on any atom is 0.459 e. The SMILES string of the molecule is CCCC(CCC)COC(=O)[C@H](C)N[P@](=O)(OC[C@@]1(COC(=O)[C@@H](NC(=O)OC(C)(C)C)C(C)C)C/C1=C/n1cnc2c(=O)[nH]c(N)nc21)Oc1ccccc1. The van der Waals surface area contributed by atoms with Crippen molar-refractivity contribution in [3.05, 3.63) is 52.6 Å². The van der Waals surface area contributed by atoms with Gasteiger partial charge in [0.2, 0.25) is 5.95 Å². The molecule has 1 amide bonds. The highest BCUT2D eigenvalue weighted by atomic mass is 31.2. The molecule has 1 aliphatic carbocycles. The predicted molar refractivity (Wildman–Crippen MR) is 210 cm³/mol. The number of amides is 1. The van der Waals surface area contributed by atoms with Crippen LogP contribution in [0.4, 0.5) is 10.7 Å². The second-order valence-electron chi connectivity index (χ2n) is 15.5. The summed E-state index contributed by atoms with van der Waals surface area (Å²) in [6, 6.07) is 6.19. The topological polar surface area (TPSA) is 228 Å². The number of alkyl carbamates (subject to hydrolysis) is 1. The fourth-order valence-corrected chi connectivity index (χ4v) is 7.51. The zero-order valence-electron chi connectivity index (χ0n) is 33.5. The minimum absolute atomic E-state index is 0.0551. The molecule has 4 rings (SSSR count). The Bertz CT molecular complexity index is 1950. The number of hydrogen-bond acceptors (Lipinski definition) is 13. The molecule has 1 aromatic carbocycles. The number of rotatable bonds is 20. The van der Waals surface area contributed by atoms with Crippen LogP contribution in [0.5, 0.6) is 5.75 Å². The third-order valence-corrected chi connectivity index (χ3v) is 10.6. The molecule has 1 saturated carbocycles.